The molecule has 0 aliphatic rings. The van der Waals surface area contributed by atoms with Crippen LogP contribution in [0.5, 0.6) is 5.75 Å². The fourth-order valence-electron chi connectivity index (χ4n) is 4.63. The first kappa shape index (κ1) is 38.3. The number of ether oxygens (including phenoxy) is 1. The van der Waals surface area contributed by atoms with Crippen molar-refractivity contribution in [1.29, 1.82) is 0 Å². The van der Waals surface area contributed by atoms with Crippen LogP contribution in [0.25, 0.3) is 0 Å². The van der Waals surface area contributed by atoms with Crippen molar-refractivity contribution in [2.24, 2.45) is 5.41 Å². The van der Waals surface area contributed by atoms with E-state index in [2.05, 4.69) is 113 Å². The molecule has 2 aromatic rings. The van der Waals surface area contributed by atoms with E-state index in [0.717, 1.165) is 16.7 Å². The van der Waals surface area contributed by atoms with Crippen LogP contribution in [0.15, 0.2) is 36.4 Å². The van der Waals surface area contributed by atoms with Gasteiger partial charge >= 0.3 is 7.82 Å². The molecule has 9 heteroatoms. The summed E-state index contributed by atoms with van der Waals surface area (Å²) in [6, 6.07) is 12.7. The summed E-state index contributed by atoms with van der Waals surface area (Å²) in [5, 5.41) is 31.6. The van der Waals surface area contributed by atoms with Gasteiger partial charge in [-0.15, -0.1) is 0 Å². The fourth-order valence-corrected chi connectivity index (χ4v) is 4.63. The summed E-state index contributed by atoms with van der Waals surface area (Å²) in [5.41, 5.74) is 3.64. The summed E-state index contributed by atoms with van der Waals surface area (Å²) in [7, 11) is -4.64. The summed E-state index contributed by atoms with van der Waals surface area (Å²) in [6.45, 7) is 24.9. The Kier molecular flexibility index (Phi) is 12.3. The minimum Gasteiger partial charge on any atom is -0.485 e. The zero-order valence-corrected chi connectivity index (χ0v) is 28.5. The summed E-state index contributed by atoms with van der Waals surface area (Å²) in [4.78, 5) is 21.6. The van der Waals surface area contributed by atoms with Gasteiger partial charge in [-0.25, -0.2) is 4.57 Å². The van der Waals surface area contributed by atoms with Crippen LogP contribution >= 0.6 is 7.82 Å². The first-order valence-corrected chi connectivity index (χ1v) is 15.9. The van der Waals surface area contributed by atoms with Gasteiger partial charge in [-0.3, -0.25) is 0 Å². The Morgan fingerprint density at radius 2 is 0.976 bits per heavy atom. The zero-order chi connectivity index (χ0) is 33.1. The highest BCUT2D eigenvalue weighted by atomic mass is 31.2. The molecule has 0 amide bonds. The van der Waals surface area contributed by atoms with Crippen molar-refractivity contribution in [1.82, 2.24) is 0 Å². The lowest BCUT2D eigenvalue weighted by Gasteiger charge is -2.40. The zero-order valence-electron chi connectivity index (χ0n) is 27.6. The number of hydrogen-bond donors (Lipinski definition) is 6. The smallest absolute Gasteiger partial charge is 0.466 e. The van der Waals surface area contributed by atoms with E-state index in [0.29, 0.717) is 5.75 Å². The Morgan fingerprint density at radius 1 is 0.619 bits per heavy atom. The minimum absolute atomic E-state index is 0.0226. The minimum atomic E-state index is -4.64. The van der Waals surface area contributed by atoms with E-state index in [1.807, 2.05) is 6.07 Å². The molecule has 240 valence electrons. The molecule has 1 atom stereocenters. The van der Waals surface area contributed by atoms with Crippen LogP contribution in [0.2, 0.25) is 0 Å². The molecule has 0 fully saturated rings. The maximum atomic E-state index is 10.5. The molecular weight excluding hydrogens is 555 g/mol. The Morgan fingerprint density at radius 3 is 1.31 bits per heavy atom. The van der Waals surface area contributed by atoms with Gasteiger partial charge in [-0.1, -0.05) is 113 Å². The van der Waals surface area contributed by atoms with Crippen LogP contribution < -0.4 is 4.74 Å². The third-order valence-corrected chi connectivity index (χ3v) is 7.41. The second kappa shape index (κ2) is 13.5. The van der Waals surface area contributed by atoms with Crippen molar-refractivity contribution in [2.45, 2.75) is 111 Å². The highest BCUT2D eigenvalue weighted by Gasteiger charge is 2.43. The SMILES string of the molecule is CC(C)(C)c1ccc(OC(c2ccc(C(C)(C)C)cc2C(C)(C)C)C(CO)(CO)CO)c(C(C)(C)C)c1.O=P(O)(O)O. The van der Waals surface area contributed by atoms with E-state index >= 15 is 0 Å². The molecule has 0 saturated heterocycles. The average molecular weight is 611 g/mol. The molecule has 42 heavy (non-hydrogen) atoms. The molecule has 0 heterocycles. The van der Waals surface area contributed by atoms with Crippen molar-refractivity contribution in [3.63, 3.8) is 0 Å². The van der Waals surface area contributed by atoms with E-state index in [1.54, 1.807) is 0 Å². The first-order chi connectivity index (χ1) is 18.7. The quantitative estimate of drug-likeness (QED) is 0.208. The predicted octanol–water partition coefficient (Wildman–Crippen LogP) is 6.03. The van der Waals surface area contributed by atoms with E-state index in [-0.39, 0.29) is 21.7 Å². The Labute approximate surface area is 253 Å². The van der Waals surface area contributed by atoms with Gasteiger partial charge in [0, 0.05) is 0 Å². The van der Waals surface area contributed by atoms with Gasteiger partial charge < -0.3 is 34.7 Å². The van der Waals surface area contributed by atoms with Crippen LogP contribution in [0.1, 0.15) is 117 Å². The Hall–Kier alpha value is -1.77. The van der Waals surface area contributed by atoms with E-state index in [4.69, 9.17) is 24.0 Å². The van der Waals surface area contributed by atoms with Gasteiger partial charge in [0.15, 0.2) is 0 Å². The lowest BCUT2D eigenvalue weighted by Crippen LogP contribution is -2.43. The van der Waals surface area contributed by atoms with Crippen molar-refractivity contribution >= 4 is 7.82 Å². The van der Waals surface area contributed by atoms with E-state index < -0.39 is 39.2 Å². The molecule has 0 aromatic heterocycles. The number of phosphoric acid groups is 1. The van der Waals surface area contributed by atoms with E-state index in [1.165, 1.54) is 11.1 Å². The normalized spacial score (nSPS) is 14.2. The van der Waals surface area contributed by atoms with Crippen molar-refractivity contribution in [2.75, 3.05) is 19.8 Å². The maximum absolute atomic E-state index is 10.5. The molecule has 0 spiro atoms. The molecule has 6 N–H and O–H groups in total. The molecule has 2 rings (SSSR count). The topological polar surface area (TPSA) is 148 Å². The number of benzene rings is 2. The summed E-state index contributed by atoms with van der Waals surface area (Å²) in [6.07, 6.45) is -0.766. The number of hydrogen-bond acceptors (Lipinski definition) is 5. The van der Waals surface area contributed by atoms with Crippen LogP contribution in [0.3, 0.4) is 0 Å². The molecular formula is C33H55O8P. The number of aliphatic hydroxyl groups excluding tert-OH is 3. The summed E-state index contributed by atoms with van der Waals surface area (Å²) >= 11 is 0. The van der Waals surface area contributed by atoms with Crippen molar-refractivity contribution in [3.05, 3.63) is 64.2 Å². The number of rotatable bonds is 7. The van der Waals surface area contributed by atoms with Gasteiger partial charge in [0.2, 0.25) is 0 Å². The molecule has 0 aliphatic heterocycles. The molecule has 0 bridgehead atoms. The third kappa shape index (κ3) is 10.4. The Balaban J connectivity index is 0.00000162. The van der Waals surface area contributed by atoms with Gasteiger partial charge in [-0.05, 0) is 55.5 Å². The second-order valence-corrected chi connectivity index (χ2v) is 16.4. The third-order valence-electron chi connectivity index (χ3n) is 7.41. The lowest BCUT2D eigenvalue weighted by atomic mass is 9.72. The van der Waals surface area contributed by atoms with Gasteiger partial charge in [0.1, 0.15) is 11.9 Å². The lowest BCUT2D eigenvalue weighted by molar-refractivity contribution is -0.0752. The molecule has 0 radical (unpaired) electrons. The molecule has 2 aromatic carbocycles. The van der Waals surface area contributed by atoms with Crippen LogP contribution in [-0.4, -0.2) is 49.8 Å². The van der Waals surface area contributed by atoms with Crippen LogP contribution in [0.4, 0.5) is 0 Å². The van der Waals surface area contributed by atoms with Crippen LogP contribution in [0, 0.1) is 5.41 Å². The second-order valence-electron chi connectivity index (χ2n) is 15.4. The van der Waals surface area contributed by atoms with Crippen LogP contribution in [-0.2, 0) is 26.2 Å². The van der Waals surface area contributed by atoms with Gasteiger partial charge in [0.05, 0.1) is 25.2 Å². The summed E-state index contributed by atoms with van der Waals surface area (Å²) < 4.78 is 15.7. The molecule has 8 nitrogen and oxygen atoms in total. The standard InChI is InChI=1S/C33H52O4.H3O4P/c1-29(2,3)22-13-15-24(25(17-22)31(7,8)9)28(33(19-34,20-35)21-36)37-27-16-14-23(30(4,5)6)18-26(27)32(10,11)12;1-5(2,3)4/h13-18,28,34-36H,19-21H2,1-12H3;(H3,1,2,3,4). The van der Waals surface area contributed by atoms with Gasteiger partial charge in [-0.2, -0.15) is 0 Å². The van der Waals surface area contributed by atoms with Crippen molar-refractivity contribution in [3.8, 4) is 5.75 Å². The largest absolute Gasteiger partial charge is 0.485 e. The Bertz CT molecular complexity index is 1200. The number of aliphatic hydroxyl groups is 3. The summed E-state index contributed by atoms with van der Waals surface area (Å²) in [5.74, 6) is 0.699. The highest BCUT2D eigenvalue weighted by Crippen LogP contribution is 2.45. The molecule has 0 aliphatic carbocycles. The molecule has 0 saturated carbocycles. The first-order valence-electron chi connectivity index (χ1n) is 14.3. The van der Waals surface area contributed by atoms with Gasteiger partial charge in [0.25, 0.3) is 0 Å². The monoisotopic (exact) mass is 610 g/mol. The molecule has 1 unspecified atom stereocenters. The highest BCUT2D eigenvalue weighted by molar-refractivity contribution is 7.45. The predicted molar refractivity (Wildman–Crippen MR) is 169 cm³/mol. The average Bonchev–Trinajstić information content (AvgIpc) is 2.81. The fraction of sp³-hybridized carbons (Fsp3) is 0.636. The van der Waals surface area contributed by atoms with E-state index in [9.17, 15) is 15.3 Å². The van der Waals surface area contributed by atoms with Crippen molar-refractivity contribution < 1.29 is 39.3 Å². The maximum Gasteiger partial charge on any atom is 0.466 e.